The van der Waals surface area contributed by atoms with Crippen LogP contribution in [-0.4, -0.2) is 24.7 Å². The zero-order valence-electron chi connectivity index (χ0n) is 11.6. The van der Waals surface area contributed by atoms with Gasteiger partial charge in [-0.1, -0.05) is 12.1 Å². The van der Waals surface area contributed by atoms with Gasteiger partial charge in [0.2, 0.25) is 0 Å². The Bertz CT molecular complexity index is 643. The second kappa shape index (κ2) is 6.74. The molecule has 0 aliphatic heterocycles. The predicted octanol–water partition coefficient (Wildman–Crippen LogP) is 2.51. The van der Waals surface area contributed by atoms with E-state index in [1.807, 2.05) is 24.3 Å². The monoisotopic (exact) mass is 289 g/mol. The third kappa shape index (κ3) is 3.95. The van der Waals surface area contributed by atoms with E-state index in [9.17, 15) is 14.3 Å². The summed E-state index contributed by atoms with van der Waals surface area (Å²) in [6.07, 6.45) is 0.610. The summed E-state index contributed by atoms with van der Waals surface area (Å²) in [5.74, 6) is -0.558. The number of ether oxygens (including phenoxy) is 1. The van der Waals surface area contributed by atoms with Gasteiger partial charge in [-0.05, 0) is 42.3 Å². The largest absolute Gasteiger partial charge is 0.507 e. The lowest BCUT2D eigenvalue weighted by Crippen LogP contribution is -2.25. The molecule has 0 aliphatic carbocycles. The van der Waals surface area contributed by atoms with Crippen LogP contribution in [0.15, 0.2) is 42.5 Å². The van der Waals surface area contributed by atoms with Gasteiger partial charge in [0.05, 0.1) is 12.7 Å². The summed E-state index contributed by atoms with van der Waals surface area (Å²) in [5, 5.41) is 12.2. The van der Waals surface area contributed by atoms with Gasteiger partial charge in [0.1, 0.15) is 17.3 Å². The Morgan fingerprint density at radius 2 is 2.10 bits per heavy atom. The van der Waals surface area contributed by atoms with Crippen molar-refractivity contribution in [1.29, 1.82) is 0 Å². The minimum Gasteiger partial charge on any atom is -0.507 e. The quantitative estimate of drug-likeness (QED) is 0.889. The van der Waals surface area contributed by atoms with Crippen molar-refractivity contribution in [2.24, 2.45) is 0 Å². The molecule has 2 rings (SSSR count). The molecule has 2 N–H and O–H groups in total. The van der Waals surface area contributed by atoms with Gasteiger partial charge in [-0.15, -0.1) is 0 Å². The van der Waals surface area contributed by atoms with Gasteiger partial charge in [-0.3, -0.25) is 4.79 Å². The third-order valence-electron chi connectivity index (χ3n) is 3.04. The molecule has 0 saturated carbocycles. The van der Waals surface area contributed by atoms with Gasteiger partial charge in [-0.25, -0.2) is 4.39 Å². The van der Waals surface area contributed by atoms with Crippen molar-refractivity contribution in [3.05, 3.63) is 59.4 Å². The molecule has 1 amide bonds. The van der Waals surface area contributed by atoms with Crippen molar-refractivity contribution in [3.8, 4) is 11.5 Å². The summed E-state index contributed by atoms with van der Waals surface area (Å²) in [4.78, 5) is 11.9. The first-order valence-corrected chi connectivity index (χ1v) is 6.50. The molecule has 2 aromatic rings. The average molecular weight is 289 g/mol. The molecule has 0 radical (unpaired) electrons. The number of halogens is 1. The molecule has 0 fully saturated rings. The van der Waals surface area contributed by atoms with Crippen LogP contribution in [0.4, 0.5) is 4.39 Å². The Balaban J connectivity index is 1.93. The van der Waals surface area contributed by atoms with Crippen LogP contribution in [0.5, 0.6) is 11.5 Å². The number of carbonyl (C=O) groups is 1. The number of hydrogen-bond acceptors (Lipinski definition) is 3. The molecular weight excluding hydrogens is 273 g/mol. The van der Waals surface area contributed by atoms with E-state index in [0.29, 0.717) is 13.0 Å². The highest BCUT2D eigenvalue weighted by atomic mass is 19.1. The fourth-order valence-corrected chi connectivity index (χ4v) is 1.93. The maximum atomic E-state index is 13.1. The number of amides is 1. The molecule has 0 aromatic heterocycles. The number of nitrogens with one attached hydrogen (secondary N) is 1. The van der Waals surface area contributed by atoms with E-state index < -0.39 is 11.7 Å². The minimum absolute atomic E-state index is 0.0688. The normalized spacial score (nSPS) is 10.2. The molecule has 0 spiro atoms. The fraction of sp³-hybridized carbons (Fsp3) is 0.188. The molecule has 21 heavy (non-hydrogen) atoms. The Kier molecular flexibility index (Phi) is 4.77. The summed E-state index contributed by atoms with van der Waals surface area (Å²) in [5.41, 5.74) is 0.943. The van der Waals surface area contributed by atoms with E-state index in [0.717, 1.165) is 29.5 Å². The lowest BCUT2D eigenvalue weighted by atomic mass is 10.1. The van der Waals surface area contributed by atoms with Gasteiger partial charge >= 0.3 is 0 Å². The highest BCUT2D eigenvalue weighted by molar-refractivity contribution is 5.96. The number of benzene rings is 2. The van der Waals surface area contributed by atoms with Crippen LogP contribution in [0, 0.1) is 5.82 Å². The highest BCUT2D eigenvalue weighted by Gasteiger charge is 2.11. The Labute approximate surface area is 122 Å². The van der Waals surface area contributed by atoms with E-state index in [1.54, 1.807) is 7.11 Å². The predicted molar refractivity (Wildman–Crippen MR) is 77.1 cm³/mol. The van der Waals surface area contributed by atoms with Gasteiger partial charge < -0.3 is 15.2 Å². The molecule has 0 unspecified atom stereocenters. The fourth-order valence-electron chi connectivity index (χ4n) is 1.93. The number of carbonyl (C=O) groups excluding carboxylic acids is 1. The van der Waals surface area contributed by atoms with Crippen LogP contribution in [0.3, 0.4) is 0 Å². The topological polar surface area (TPSA) is 58.6 Å². The number of phenols is 1. The maximum absolute atomic E-state index is 13.1. The smallest absolute Gasteiger partial charge is 0.255 e. The molecule has 2 aromatic carbocycles. The summed E-state index contributed by atoms with van der Waals surface area (Å²) in [7, 11) is 1.59. The first-order chi connectivity index (χ1) is 10.1. The van der Waals surface area contributed by atoms with Crippen molar-refractivity contribution in [1.82, 2.24) is 5.32 Å². The van der Waals surface area contributed by atoms with Gasteiger partial charge in [-0.2, -0.15) is 0 Å². The summed E-state index contributed by atoms with van der Waals surface area (Å²) < 4.78 is 18.2. The van der Waals surface area contributed by atoms with E-state index in [4.69, 9.17) is 4.74 Å². The summed E-state index contributed by atoms with van der Waals surface area (Å²) in [6.45, 7) is 0.377. The number of rotatable bonds is 5. The molecule has 4 nitrogen and oxygen atoms in total. The molecule has 110 valence electrons. The van der Waals surface area contributed by atoms with Crippen molar-refractivity contribution < 1.29 is 19.0 Å². The molecule has 0 heterocycles. The standard InChI is InChI=1S/C16H16FNO3/c1-21-13-4-2-3-11(9-13)7-8-18-16(20)14-10-12(17)5-6-15(14)19/h2-6,9-10,19H,7-8H2,1H3,(H,18,20). The van der Waals surface area contributed by atoms with E-state index >= 15 is 0 Å². The second-order valence-electron chi connectivity index (χ2n) is 4.52. The zero-order valence-corrected chi connectivity index (χ0v) is 11.6. The SMILES string of the molecule is COc1cccc(CCNC(=O)c2cc(F)ccc2O)c1. The van der Waals surface area contributed by atoms with Gasteiger partial charge in [0, 0.05) is 6.54 Å². The van der Waals surface area contributed by atoms with Crippen LogP contribution >= 0.6 is 0 Å². The third-order valence-corrected chi connectivity index (χ3v) is 3.04. The summed E-state index contributed by atoms with van der Waals surface area (Å²) in [6, 6.07) is 10.8. The first-order valence-electron chi connectivity index (χ1n) is 6.50. The van der Waals surface area contributed by atoms with Crippen molar-refractivity contribution in [3.63, 3.8) is 0 Å². The summed E-state index contributed by atoms with van der Waals surface area (Å²) >= 11 is 0. The zero-order chi connectivity index (χ0) is 15.2. The molecule has 0 aliphatic rings. The average Bonchev–Trinajstić information content (AvgIpc) is 2.49. The molecule has 0 bridgehead atoms. The highest BCUT2D eigenvalue weighted by Crippen LogP contribution is 2.17. The molecule has 0 saturated heterocycles. The van der Waals surface area contributed by atoms with Crippen LogP contribution in [0.2, 0.25) is 0 Å². The second-order valence-corrected chi connectivity index (χ2v) is 4.52. The van der Waals surface area contributed by atoms with Crippen molar-refractivity contribution >= 4 is 5.91 Å². The van der Waals surface area contributed by atoms with Gasteiger partial charge in [0.25, 0.3) is 5.91 Å². The van der Waals surface area contributed by atoms with E-state index in [2.05, 4.69) is 5.32 Å². The molecule has 0 atom stereocenters. The van der Waals surface area contributed by atoms with Gasteiger partial charge in [0.15, 0.2) is 0 Å². The number of phenolic OH excluding ortho intramolecular Hbond substituents is 1. The Morgan fingerprint density at radius 3 is 2.86 bits per heavy atom. The van der Waals surface area contributed by atoms with Crippen LogP contribution in [0.1, 0.15) is 15.9 Å². The van der Waals surface area contributed by atoms with Crippen molar-refractivity contribution in [2.75, 3.05) is 13.7 Å². The number of aromatic hydroxyl groups is 1. The maximum Gasteiger partial charge on any atom is 0.255 e. The lowest BCUT2D eigenvalue weighted by Gasteiger charge is -2.08. The molecule has 5 heteroatoms. The minimum atomic E-state index is -0.564. The van der Waals surface area contributed by atoms with E-state index in [1.165, 1.54) is 0 Å². The van der Waals surface area contributed by atoms with Crippen LogP contribution < -0.4 is 10.1 Å². The molecular formula is C16H16FNO3. The first kappa shape index (κ1) is 14.8. The van der Waals surface area contributed by atoms with E-state index in [-0.39, 0.29) is 11.3 Å². The Hall–Kier alpha value is -2.56. The van der Waals surface area contributed by atoms with Crippen molar-refractivity contribution in [2.45, 2.75) is 6.42 Å². The number of methoxy groups -OCH3 is 1. The van der Waals surface area contributed by atoms with Crippen LogP contribution in [0.25, 0.3) is 0 Å². The lowest BCUT2D eigenvalue weighted by molar-refractivity contribution is 0.0951. The van der Waals surface area contributed by atoms with Crippen LogP contribution in [-0.2, 0) is 6.42 Å². The number of hydrogen-bond donors (Lipinski definition) is 2. The Morgan fingerprint density at radius 1 is 1.29 bits per heavy atom.